The summed E-state index contributed by atoms with van der Waals surface area (Å²) in [6.07, 6.45) is 0. The van der Waals surface area contributed by atoms with Crippen molar-refractivity contribution in [1.82, 2.24) is 19.1 Å². The molecule has 0 bridgehead atoms. The van der Waals surface area contributed by atoms with Crippen LogP contribution in [0.5, 0.6) is 0 Å². The van der Waals surface area contributed by atoms with Crippen LogP contribution in [0.1, 0.15) is 0 Å². The van der Waals surface area contributed by atoms with Gasteiger partial charge in [-0.3, -0.25) is 0 Å². The van der Waals surface area contributed by atoms with Gasteiger partial charge in [-0.15, -0.1) is 0 Å². The number of para-hydroxylation sites is 3. The van der Waals surface area contributed by atoms with Gasteiger partial charge in [-0.05, 0) is 0 Å². The van der Waals surface area contributed by atoms with Gasteiger partial charge in [-0.2, -0.15) is 0 Å². The summed E-state index contributed by atoms with van der Waals surface area (Å²) < 4.78 is 10.3. The van der Waals surface area contributed by atoms with Crippen LogP contribution in [-0.4, -0.2) is 32.4 Å². The Bertz CT molecular complexity index is 3690. The number of fused-ring (bicyclic) bond motifs is 10. The molecule has 0 spiro atoms. The summed E-state index contributed by atoms with van der Waals surface area (Å²) in [5.74, 6) is 0.731. The normalized spacial score (nSPS) is 12.9. The first kappa shape index (κ1) is 35.9. The van der Waals surface area contributed by atoms with E-state index in [0.717, 1.165) is 45.2 Å². The van der Waals surface area contributed by atoms with Gasteiger partial charge in [0.15, 0.2) is 0 Å². The molecule has 4 nitrogen and oxygen atoms in total. The van der Waals surface area contributed by atoms with Crippen molar-refractivity contribution in [3.8, 4) is 45.3 Å². The summed E-state index contributed by atoms with van der Waals surface area (Å²) in [6.45, 7) is 0. The van der Waals surface area contributed by atoms with Crippen molar-refractivity contribution in [2.75, 3.05) is 0 Å². The second-order valence-corrected chi connectivity index (χ2v) is 24.2. The van der Waals surface area contributed by atoms with E-state index in [1.807, 2.05) is 0 Å². The fraction of sp³-hybridized carbons (Fsp3) is 0. The monoisotopic (exact) mass is 864 g/mol. The maximum absolute atomic E-state index is 5.72. The molecule has 294 valence electrons. The molecule has 0 fully saturated rings. The van der Waals surface area contributed by atoms with Crippen LogP contribution < -0.4 is 17.6 Å². The predicted molar refractivity (Wildman–Crippen MR) is 264 cm³/mol. The van der Waals surface area contributed by atoms with Crippen LogP contribution in [0.25, 0.3) is 88.9 Å². The van der Waals surface area contributed by atoms with Crippen molar-refractivity contribution in [2.24, 2.45) is 0 Å². The first-order valence-electron chi connectivity index (χ1n) is 21.6. The van der Waals surface area contributed by atoms with E-state index in [2.05, 4.69) is 240 Å². The Labute approximate surface area is 367 Å². The molecule has 4 heterocycles. The Morgan fingerprint density at radius 2 is 0.825 bits per heavy atom. The van der Waals surface area contributed by atoms with Crippen molar-refractivity contribution in [3.05, 3.63) is 231 Å². The van der Waals surface area contributed by atoms with Crippen LogP contribution in [0.15, 0.2) is 231 Å². The van der Waals surface area contributed by atoms with Crippen LogP contribution in [0.3, 0.4) is 0 Å². The topological polar surface area (TPSA) is 35.6 Å². The van der Waals surface area contributed by atoms with Gasteiger partial charge in [-0.1, -0.05) is 6.07 Å². The molecule has 1 aliphatic rings. The number of hydrogen-bond donors (Lipinski definition) is 0. The van der Waals surface area contributed by atoms with E-state index in [0.29, 0.717) is 0 Å². The Kier molecular flexibility index (Phi) is 8.05. The molecule has 0 N–H and O–H groups in total. The van der Waals surface area contributed by atoms with E-state index in [1.54, 1.807) is 0 Å². The SMILES string of the molecule is c1ccc(-c2nc(-c3cccc(-n4c5ccccc5c5ccc6c7ccccc7n(-c7ccccc7)c6c54)c3)[c]3c(n2)-c2cccc[c]2[Ge]3([c]2ccccc2)[c]2ccccc2)cc1. The third-order valence-corrected chi connectivity index (χ3v) is 23.4. The third-order valence-electron chi connectivity index (χ3n) is 13.2. The fourth-order valence-corrected chi connectivity index (χ4v) is 21.6. The molecular formula is C58H38GeN4. The maximum atomic E-state index is 5.72. The van der Waals surface area contributed by atoms with Crippen LogP contribution in [0, 0.1) is 0 Å². The number of nitrogens with zero attached hydrogens (tertiary/aromatic N) is 4. The van der Waals surface area contributed by atoms with Gasteiger partial charge in [0.1, 0.15) is 0 Å². The summed E-state index contributed by atoms with van der Waals surface area (Å²) in [5, 5.41) is 4.90. The molecule has 9 aromatic carbocycles. The predicted octanol–water partition coefficient (Wildman–Crippen LogP) is 11.4. The van der Waals surface area contributed by atoms with Crippen molar-refractivity contribution in [3.63, 3.8) is 0 Å². The third kappa shape index (κ3) is 5.22. The summed E-state index contributed by atoms with van der Waals surface area (Å²) in [7, 11) is 0. The molecule has 63 heavy (non-hydrogen) atoms. The molecule has 0 aliphatic carbocycles. The summed E-state index contributed by atoms with van der Waals surface area (Å²) in [6, 6.07) is 84.1. The molecule has 0 saturated carbocycles. The second-order valence-electron chi connectivity index (χ2n) is 16.5. The zero-order valence-corrected chi connectivity index (χ0v) is 36.3. The zero-order valence-electron chi connectivity index (χ0n) is 34.2. The summed E-state index contributed by atoms with van der Waals surface area (Å²) >= 11 is -3.79. The second kappa shape index (κ2) is 14.1. The van der Waals surface area contributed by atoms with Crippen molar-refractivity contribution in [2.45, 2.75) is 0 Å². The van der Waals surface area contributed by atoms with E-state index in [1.165, 1.54) is 61.2 Å². The Morgan fingerprint density at radius 3 is 1.46 bits per heavy atom. The van der Waals surface area contributed by atoms with E-state index in [-0.39, 0.29) is 0 Å². The van der Waals surface area contributed by atoms with Gasteiger partial charge in [0, 0.05) is 0 Å². The molecule has 13 rings (SSSR count). The van der Waals surface area contributed by atoms with Crippen molar-refractivity contribution >= 4 is 74.5 Å². The molecule has 12 aromatic rings. The Hall–Kier alpha value is -7.80. The average Bonchev–Trinajstić information content (AvgIpc) is 3.99. The first-order chi connectivity index (χ1) is 31.3. The van der Waals surface area contributed by atoms with Crippen LogP contribution in [-0.2, 0) is 0 Å². The molecule has 1 aliphatic heterocycles. The fourth-order valence-electron chi connectivity index (χ4n) is 10.6. The molecule has 0 atom stereocenters. The van der Waals surface area contributed by atoms with Crippen molar-refractivity contribution < 1.29 is 0 Å². The Morgan fingerprint density at radius 1 is 0.349 bits per heavy atom. The Balaban J connectivity index is 1.16. The van der Waals surface area contributed by atoms with Gasteiger partial charge >= 0.3 is 363 Å². The molecule has 0 amide bonds. The molecule has 0 unspecified atom stereocenters. The van der Waals surface area contributed by atoms with Gasteiger partial charge < -0.3 is 0 Å². The van der Waals surface area contributed by atoms with E-state index >= 15 is 0 Å². The van der Waals surface area contributed by atoms with Gasteiger partial charge in [-0.25, -0.2) is 0 Å². The summed E-state index contributed by atoms with van der Waals surface area (Å²) in [5.41, 5.74) is 12.2. The van der Waals surface area contributed by atoms with Crippen LogP contribution in [0.2, 0.25) is 0 Å². The van der Waals surface area contributed by atoms with Gasteiger partial charge in [0.05, 0.1) is 0 Å². The van der Waals surface area contributed by atoms with E-state index in [4.69, 9.17) is 9.97 Å². The molecule has 0 saturated heterocycles. The number of rotatable bonds is 6. The number of benzene rings is 9. The summed E-state index contributed by atoms with van der Waals surface area (Å²) in [4.78, 5) is 11.3. The standard InChI is InChI=1S/C58H38GeN4/c1-5-20-39(21-6-1)58-60-54(53-55(61-58)49-32-13-16-33-50(49)59(53,41-23-7-2-8-24-41)42-25-9-3-10-26-42)40-22-19-29-44(38-40)63-52-35-18-15-31-46(52)48-37-36-47-45-30-14-17-34-51(45)62(56(47)57(48)63)43-27-11-4-12-28-43/h1-38H. The van der Waals surface area contributed by atoms with E-state index < -0.39 is 13.3 Å². The zero-order chi connectivity index (χ0) is 41.5. The minimum absolute atomic E-state index is 0.731. The van der Waals surface area contributed by atoms with Gasteiger partial charge in [0.2, 0.25) is 0 Å². The van der Waals surface area contributed by atoms with Gasteiger partial charge in [0.25, 0.3) is 0 Å². The number of hydrogen-bond acceptors (Lipinski definition) is 2. The van der Waals surface area contributed by atoms with E-state index in [9.17, 15) is 0 Å². The molecule has 0 radical (unpaired) electrons. The van der Waals surface area contributed by atoms with Crippen molar-refractivity contribution in [1.29, 1.82) is 0 Å². The minimum atomic E-state index is -3.79. The molecular weight excluding hydrogens is 825 g/mol. The average molecular weight is 864 g/mol. The molecule has 3 aromatic heterocycles. The molecule has 5 heteroatoms. The number of aromatic nitrogens is 4. The quantitative estimate of drug-likeness (QED) is 0.156. The first-order valence-corrected chi connectivity index (χ1v) is 25.8. The van der Waals surface area contributed by atoms with Crippen LogP contribution >= 0.6 is 0 Å². The van der Waals surface area contributed by atoms with Crippen LogP contribution in [0.4, 0.5) is 0 Å².